The number of fused-ring (bicyclic) bond motifs is 1. The van der Waals surface area contributed by atoms with Crippen LogP contribution in [0.5, 0.6) is 0 Å². The van der Waals surface area contributed by atoms with Gasteiger partial charge in [-0.1, -0.05) is 48.0 Å². The Labute approximate surface area is 148 Å². The largest absolute Gasteiger partial charge is 0.369 e. The Morgan fingerprint density at radius 3 is 2.54 bits per heavy atom. The van der Waals surface area contributed by atoms with Crippen LogP contribution in [0, 0.1) is 18.3 Å². The molecule has 4 rings (SSSR count). The van der Waals surface area contributed by atoms with Gasteiger partial charge in [-0.2, -0.15) is 5.26 Å². The summed E-state index contributed by atoms with van der Waals surface area (Å²) >= 11 is 0. The number of hydrogen-bond acceptors (Lipinski definition) is 4. The maximum atomic E-state index is 12.2. The van der Waals surface area contributed by atoms with Crippen molar-refractivity contribution in [1.29, 1.82) is 5.26 Å². The van der Waals surface area contributed by atoms with Crippen LogP contribution in [0.2, 0.25) is 0 Å². The van der Waals surface area contributed by atoms with Gasteiger partial charge in [-0.25, -0.2) is 4.98 Å². The van der Waals surface area contributed by atoms with Gasteiger partial charge in [0.2, 0.25) is 5.95 Å². The van der Waals surface area contributed by atoms with Crippen molar-refractivity contribution in [2.24, 2.45) is 0 Å². The summed E-state index contributed by atoms with van der Waals surface area (Å²) in [5.41, 5.74) is 9.89. The van der Waals surface area contributed by atoms with E-state index >= 15 is 0 Å². The van der Waals surface area contributed by atoms with Gasteiger partial charge in [0.05, 0.1) is 5.69 Å². The molecule has 6 nitrogen and oxygen atoms in total. The summed E-state index contributed by atoms with van der Waals surface area (Å²) < 4.78 is 0. The van der Waals surface area contributed by atoms with E-state index in [1.54, 1.807) is 0 Å². The second kappa shape index (κ2) is 5.90. The molecule has 0 unspecified atom stereocenters. The van der Waals surface area contributed by atoms with Gasteiger partial charge in [0.25, 0.3) is 5.56 Å². The van der Waals surface area contributed by atoms with E-state index in [2.05, 4.69) is 15.0 Å². The Kier molecular flexibility index (Phi) is 3.55. The topological polar surface area (TPSA) is 111 Å². The summed E-state index contributed by atoms with van der Waals surface area (Å²) in [4.78, 5) is 22.3. The zero-order valence-corrected chi connectivity index (χ0v) is 14.0. The Bertz CT molecular complexity index is 1230. The minimum Gasteiger partial charge on any atom is -0.369 e. The molecule has 0 bridgehead atoms. The summed E-state index contributed by atoms with van der Waals surface area (Å²) in [7, 11) is 0. The van der Waals surface area contributed by atoms with Crippen LogP contribution in [0.1, 0.15) is 11.1 Å². The summed E-state index contributed by atoms with van der Waals surface area (Å²) in [6.45, 7) is 2.02. The number of nitrogen functional groups attached to an aromatic ring is 1. The highest BCUT2D eigenvalue weighted by Crippen LogP contribution is 2.38. The number of nitrogens with one attached hydrogen (secondary N) is 2. The molecule has 0 spiro atoms. The molecular weight excluding hydrogens is 326 g/mol. The lowest BCUT2D eigenvalue weighted by Gasteiger charge is -2.07. The lowest BCUT2D eigenvalue weighted by Crippen LogP contribution is -2.16. The number of nitrogens with two attached hydrogens (primary N) is 1. The second-order valence-corrected chi connectivity index (χ2v) is 6.07. The first-order valence-corrected chi connectivity index (χ1v) is 8.06. The Morgan fingerprint density at radius 2 is 1.81 bits per heavy atom. The van der Waals surface area contributed by atoms with Gasteiger partial charge in [0, 0.05) is 16.5 Å². The van der Waals surface area contributed by atoms with Gasteiger partial charge in [-0.15, -0.1) is 0 Å². The SMILES string of the molecule is Cc1ccc(-c2[nH]c3ccccc3c2-c2nc(N)[nH]c(=O)c2C#N)cc1. The molecule has 0 saturated carbocycles. The fourth-order valence-electron chi connectivity index (χ4n) is 3.10. The van der Waals surface area contributed by atoms with Crippen molar-refractivity contribution < 1.29 is 0 Å². The molecule has 2 aromatic heterocycles. The average Bonchev–Trinajstić information content (AvgIpc) is 3.01. The number of rotatable bonds is 2. The van der Waals surface area contributed by atoms with E-state index in [-0.39, 0.29) is 17.2 Å². The minimum absolute atomic E-state index is 0.0239. The van der Waals surface area contributed by atoms with Gasteiger partial charge in [-0.3, -0.25) is 9.78 Å². The third-order valence-corrected chi connectivity index (χ3v) is 4.33. The molecule has 0 saturated heterocycles. The zero-order valence-electron chi connectivity index (χ0n) is 14.0. The summed E-state index contributed by atoms with van der Waals surface area (Å²) in [5.74, 6) is -0.0239. The normalized spacial score (nSPS) is 10.8. The predicted octanol–water partition coefficient (Wildman–Crippen LogP) is 3.35. The fourth-order valence-corrected chi connectivity index (χ4v) is 3.10. The second-order valence-electron chi connectivity index (χ2n) is 6.07. The highest BCUT2D eigenvalue weighted by atomic mass is 16.1. The number of benzene rings is 2. The summed E-state index contributed by atoms with van der Waals surface area (Å²) in [5, 5.41) is 10.4. The van der Waals surface area contributed by atoms with Gasteiger partial charge in [0.1, 0.15) is 17.3 Å². The van der Waals surface area contributed by atoms with Crippen LogP contribution in [0.3, 0.4) is 0 Å². The number of nitriles is 1. The molecule has 126 valence electrons. The van der Waals surface area contributed by atoms with Crippen molar-refractivity contribution in [1.82, 2.24) is 15.0 Å². The molecule has 6 heteroatoms. The molecule has 4 aromatic rings. The number of aromatic nitrogens is 3. The number of anilines is 1. The van der Waals surface area contributed by atoms with E-state index in [0.29, 0.717) is 5.56 Å². The smallest absolute Gasteiger partial charge is 0.270 e. The predicted molar refractivity (Wildman–Crippen MR) is 101 cm³/mol. The van der Waals surface area contributed by atoms with E-state index in [0.717, 1.165) is 27.7 Å². The third kappa shape index (κ3) is 2.43. The molecule has 2 heterocycles. The minimum atomic E-state index is -0.546. The highest BCUT2D eigenvalue weighted by molar-refractivity contribution is 6.03. The highest BCUT2D eigenvalue weighted by Gasteiger charge is 2.21. The van der Waals surface area contributed by atoms with E-state index in [1.165, 1.54) is 0 Å². The van der Waals surface area contributed by atoms with Crippen molar-refractivity contribution >= 4 is 16.9 Å². The van der Waals surface area contributed by atoms with Crippen molar-refractivity contribution in [2.45, 2.75) is 6.92 Å². The maximum Gasteiger partial charge on any atom is 0.270 e. The molecule has 0 aliphatic heterocycles. The van der Waals surface area contributed by atoms with Crippen molar-refractivity contribution in [3.05, 3.63) is 70.0 Å². The van der Waals surface area contributed by atoms with Crippen LogP contribution >= 0.6 is 0 Å². The van der Waals surface area contributed by atoms with E-state index in [9.17, 15) is 10.1 Å². The van der Waals surface area contributed by atoms with Crippen LogP contribution in [0.25, 0.3) is 33.4 Å². The van der Waals surface area contributed by atoms with E-state index < -0.39 is 5.56 Å². The van der Waals surface area contributed by atoms with Gasteiger partial charge >= 0.3 is 0 Å². The Hall–Kier alpha value is -3.85. The van der Waals surface area contributed by atoms with E-state index in [4.69, 9.17) is 5.73 Å². The molecule has 26 heavy (non-hydrogen) atoms. The van der Waals surface area contributed by atoms with Crippen molar-refractivity contribution in [3.8, 4) is 28.6 Å². The standard InChI is InChI=1S/C20H15N5O/c1-11-6-8-12(9-7-11)17-16(13-4-2-3-5-15(13)23-17)18-14(10-21)19(26)25-20(22)24-18/h2-9,23H,1H3,(H3,22,24,25,26). The van der Waals surface area contributed by atoms with Crippen LogP contribution in [0.15, 0.2) is 53.3 Å². The number of hydrogen-bond donors (Lipinski definition) is 3. The summed E-state index contributed by atoms with van der Waals surface area (Å²) in [6.07, 6.45) is 0. The fraction of sp³-hybridized carbons (Fsp3) is 0.0500. The maximum absolute atomic E-state index is 12.2. The van der Waals surface area contributed by atoms with Gasteiger partial charge < -0.3 is 10.7 Å². The third-order valence-electron chi connectivity index (χ3n) is 4.33. The molecule has 0 aliphatic rings. The first kappa shape index (κ1) is 15.7. The molecular formula is C20H15N5O. The van der Waals surface area contributed by atoms with Crippen molar-refractivity contribution in [2.75, 3.05) is 5.73 Å². The van der Waals surface area contributed by atoms with Gasteiger partial charge in [-0.05, 0) is 18.6 Å². The quantitative estimate of drug-likeness (QED) is 0.519. The number of para-hydroxylation sites is 1. The van der Waals surface area contributed by atoms with Crippen LogP contribution in [0.4, 0.5) is 5.95 Å². The van der Waals surface area contributed by atoms with Crippen LogP contribution < -0.4 is 11.3 Å². The molecule has 2 aromatic carbocycles. The number of aryl methyl sites for hydroxylation is 1. The Balaban J connectivity index is 2.13. The number of aromatic amines is 2. The zero-order chi connectivity index (χ0) is 18.3. The van der Waals surface area contributed by atoms with Crippen molar-refractivity contribution in [3.63, 3.8) is 0 Å². The average molecular weight is 341 g/mol. The first-order chi connectivity index (χ1) is 12.6. The molecule has 0 aliphatic carbocycles. The molecule has 0 radical (unpaired) electrons. The molecule has 0 fully saturated rings. The van der Waals surface area contributed by atoms with Gasteiger partial charge in [0.15, 0.2) is 0 Å². The number of H-pyrrole nitrogens is 2. The lowest BCUT2D eigenvalue weighted by atomic mass is 9.99. The molecule has 0 atom stereocenters. The molecule has 0 amide bonds. The van der Waals surface area contributed by atoms with E-state index in [1.807, 2.05) is 61.5 Å². The number of nitrogens with zero attached hydrogens (tertiary/aromatic N) is 2. The monoisotopic (exact) mass is 341 g/mol. The lowest BCUT2D eigenvalue weighted by molar-refractivity contribution is 1.12. The van der Waals surface area contributed by atoms with Crippen LogP contribution in [-0.2, 0) is 0 Å². The molecule has 4 N–H and O–H groups in total. The Morgan fingerprint density at radius 1 is 1.08 bits per heavy atom. The van der Waals surface area contributed by atoms with Crippen LogP contribution in [-0.4, -0.2) is 15.0 Å². The first-order valence-electron chi connectivity index (χ1n) is 8.06. The summed E-state index contributed by atoms with van der Waals surface area (Å²) in [6, 6.07) is 17.7.